The van der Waals surface area contributed by atoms with E-state index in [1.54, 1.807) is 26.0 Å². The van der Waals surface area contributed by atoms with Gasteiger partial charge in [0.2, 0.25) is 16.0 Å². The summed E-state index contributed by atoms with van der Waals surface area (Å²) in [5.74, 6) is 0.732. The summed E-state index contributed by atoms with van der Waals surface area (Å²) in [5, 5.41) is -0.695. The number of hydrogen-bond donors (Lipinski definition) is 2. The number of nitrogens with one attached hydrogen (secondary N) is 1. The Labute approximate surface area is 225 Å². The molecule has 39 heavy (non-hydrogen) atoms. The number of halogens is 3. The molecule has 2 aromatic heterocycles. The third-order valence-electron chi connectivity index (χ3n) is 7.23. The van der Waals surface area contributed by atoms with E-state index in [0.29, 0.717) is 48.2 Å². The highest BCUT2D eigenvalue weighted by molar-refractivity contribution is 7.90. The van der Waals surface area contributed by atoms with Crippen molar-refractivity contribution in [3.63, 3.8) is 0 Å². The van der Waals surface area contributed by atoms with Crippen molar-refractivity contribution in [2.24, 2.45) is 0 Å². The van der Waals surface area contributed by atoms with Gasteiger partial charge in [-0.05, 0) is 51.9 Å². The number of aromatic amines is 1. The van der Waals surface area contributed by atoms with E-state index in [4.69, 9.17) is 10.7 Å². The number of fused-ring (bicyclic) bond motifs is 1. The van der Waals surface area contributed by atoms with Crippen molar-refractivity contribution in [3.8, 4) is 22.5 Å². The van der Waals surface area contributed by atoms with Crippen molar-refractivity contribution >= 4 is 27.0 Å². The minimum Gasteiger partial charge on any atom is -0.368 e. The summed E-state index contributed by atoms with van der Waals surface area (Å²) in [7, 11) is -3.76. The smallest absolute Gasteiger partial charge is 0.368 e. The van der Waals surface area contributed by atoms with E-state index >= 15 is 0 Å². The second-order valence-corrected chi connectivity index (χ2v) is 12.6. The molecule has 0 saturated carbocycles. The molecule has 1 fully saturated rings. The summed E-state index contributed by atoms with van der Waals surface area (Å²) in [4.78, 5) is 14.5. The van der Waals surface area contributed by atoms with Gasteiger partial charge in [0.1, 0.15) is 5.82 Å². The Morgan fingerprint density at radius 2 is 1.74 bits per heavy atom. The van der Waals surface area contributed by atoms with Crippen LogP contribution in [0.2, 0.25) is 0 Å². The maximum atomic E-state index is 13.1. The molecule has 3 heterocycles. The van der Waals surface area contributed by atoms with Gasteiger partial charge in [-0.25, -0.2) is 22.4 Å². The topological polar surface area (TPSA) is 110 Å². The lowest BCUT2D eigenvalue weighted by Gasteiger charge is -2.31. The molecule has 208 valence electrons. The predicted octanol–water partition coefficient (Wildman–Crippen LogP) is 5.39. The largest absolute Gasteiger partial charge is 0.390 e. The SMILES string of the molecule is CC(C)S(=O)(=O)n1c(N)nc2ccc(-c3nc(C4CCN(CCC(F)(F)F)CC4)[nH]c3-c3ccccc3)cc21. The zero-order chi connectivity index (χ0) is 27.9. The van der Waals surface area contributed by atoms with Crippen molar-refractivity contribution in [1.29, 1.82) is 0 Å². The summed E-state index contributed by atoms with van der Waals surface area (Å²) in [5.41, 5.74) is 9.93. The van der Waals surface area contributed by atoms with Gasteiger partial charge >= 0.3 is 6.18 Å². The van der Waals surface area contributed by atoms with Gasteiger partial charge in [0.15, 0.2) is 0 Å². The molecule has 0 amide bonds. The average molecular weight is 561 g/mol. The number of nitrogen functional groups attached to an aromatic ring is 1. The van der Waals surface area contributed by atoms with Gasteiger partial charge in [0.05, 0.1) is 34.1 Å². The number of anilines is 1. The van der Waals surface area contributed by atoms with Crippen LogP contribution in [-0.4, -0.2) is 63.3 Å². The Morgan fingerprint density at radius 1 is 1.05 bits per heavy atom. The van der Waals surface area contributed by atoms with E-state index in [9.17, 15) is 21.6 Å². The maximum absolute atomic E-state index is 13.1. The fourth-order valence-corrected chi connectivity index (χ4v) is 6.16. The average Bonchev–Trinajstić information content (AvgIpc) is 3.48. The normalized spacial score (nSPS) is 15.9. The van der Waals surface area contributed by atoms with Crippen molar-refractivity contribution < 1.29 is 21.6 Å². The molecule has 4 aromatic rings. The zero-order valence-electron chi connectivity index (χ0n) is 21.7. The van der Waals surface area contributed by atoms with Crippen molar-refractivity contribution in [2.45, 2.75) is 50.5 Å². The number of imidazole rings is 2. The van der Waals surface area contributed by atoms with Crippen molar-refractivity contribution in [2.75, 3.05) is 25.4 Å². The molecule has 0 unspecified atom stereocenters. The van der Waals surface area contributed by atoms with Gasteiger partial charge < -0.3 is 15.6 Å². The van der Waals surface area contributed by atoms with Crippen LogP contribution in [0.4, 0.5) is 19.1 Å². The minimum atomic E-state index is -4.16. The summed E-state index contributed by atoms with van der Waals surface area (Å²) < 4.78 is 65.2. The van der Waals surface area contributed by atoms with E-state index < -0.39 is 27.9 Å². The highest BCUT2D eigenvalue weighted by Crippen LogP contribution is 2.36. The van der Waals surface area contributed by atoms with Crippen LogP contribution < -0.4 is 5.73 Å². The molecular formula is C27H31F3N6O2S. The van der Waals surface area contributed by atoms with Gasteiger partial charge in [-0.15, -0.1) is 0 Å². The fraction of sp³-hybridized carbons (Fsp3) is 0.407. The molecule has 3 N–H and O–H groups in total. The Hall–Kier alpha value is -3.38. The summed E-state index contributed by atoms with van der Waals surface area (Å²) >= 11 is 0. The van der Waals surface area contributed by atoms with Crippen LogP contribution in [0.25, 0.3) is 33.5 Å². The molecule has 1 aliphatic rings. The number of benzene rings is 2. The lowest BCUT2D eigenvalue weighted by atomic mass is 9.96. The predicted molar refractivity (Wildman–Crippen MR) is 146 cm³/mol. The number of nitrogens with two attached hydrogens (primary N) is 1. The van der Waals surface area contributed by atoms with Crippen LogP contribution >= 0.6 is 0 Å². The van der Waals surface area contributed by atoms with Gasteiger partial charge in [0.25, 0.3) is 0 Å². The fourth-order valence-electron chi connectivity index (χ4n) is 5.02. The molecule has 5 rings (SSSR count). The maximum Gasteiger partial charge on any atom is 0.390 e. The van der Waals surface area contributed by atoms with Gasteiger partial charge in [0, 0.05) is 23.6 Å². The lowest BCUT2D eigenvalue weighted by molar-refractivity contribution is -0.138. The van der Waals surface area contributed by atoms with Gasteiger partial charge in [-0.2, -0.15) is 13.2 Å². The number of hydrogen-bond acceptors (Lipinski definition) is 6. The van der Waals surface area contributed by atoms with Crippen LogP contribution in [0.5, 0.6) is 0 Å². The molecule has 0 atom stereocenters. The monoisotopic (exact) mass is 560 g/mol. The number of rotatable bonds is 7. The van der Waals surface area contributed by atoms with E-state index in [1.165, 1.54) is 0 Å². The van der Waals surface area contributed by atoms with Gasteiger partial charge in [-0.3, -0.25) is 0 Å². The summed E-state index contributed by atoms with van der Waals surface area (Å²) in [6.45, 7) is 4.31. The Balaban J connectivity index is 1.52. The molecule has 0 aliphatic carbocycles. The number of piperidine rings is 1. The second kappa shape index (κ2) is 10.3. The highest BCUT2D eigenvalue weighted by atomic mass is 32.2. The van der Waals surface area contributed by atoms with Crippen LogP contribution in [0.15, 0.2) is 48.5 Å². The third kappa shape index (κ3) is 5.53. The molecule has 0 spiro atoms. The minimum absolute atomic E-state index is 0.00496. The number of nitrogens with zero attached hydrogens (tertiary/aromatic N) is 4. The molecule has 1 aliphatic heterocycles. The molecule has 12 heteroatoms. The first-order chi connectivity index (χ1) is 18.4. The van der Waals surface area contributed by atoms with E-state index in [2.05, 4.69) is 9.97 Å². The highest BCUT2D eigenvalue weighted by Gasteiger charge is 2.31. The molecular weight excluding hydrogens is 529 g/mol. The number of H-pyrrole nitrogens is 1. The standard InChI is InChI=1S/C27H31F3N6O2S/c1-17(2)39(37,38)36-22-16-20(8-9-21(22)32-26(36)31)24-23(18-6-4-3-5-7-18)33-25(34-24)19-10-13-35(14-11-19)15-12-27(28,29)30/h3-9,16-17,19H,10-15H2,1-2H3,(H2,31,32)(H,33,34). The van der Waals surface area contributed by atoms with E-state index in [1.807, 2.05) is 41.3 Å². The molecule has 1 saturated heterocycles. The Morgan fingerprint density at radius 3 is 2.38 bits per heavy atom. The van der Waals surface area contributed by atoms with E-state index in [-0.39, 0.29) is 18.4 Å². The van der Waals surface area contributed by atoms with Crippen molar-refractivity contribution in [1.82, 2.24) is 23.8 Å². The van der Waals surface area contributed by atoms with Crippen LogP contribution in [0, 0.1) is 0 Å². The Kier molecular flexibility index (Phi) is 7.19. The van der Waals surface area contributed by atoms with Crippen LogP contribution in [0.1, 0.15) is 44.9 Å². The third-order valence-corrected chi connectivity index (χ3v) is 9.32. The Bertz CT molecular complexity index is 1570. The number of alkyl halides is 3. The van der Waals surface area contributed by atoms with Gasteiger partial charge in [-0.1, -0.05) is 36.4 Å². The van der Waals surface area contributed by atoms with Crippen LogP contribution in [0.3, 0.4) is 0 Å². The second-order valence-electron chi connectivity index (χ2n) is 10.2. The lowest BCUT2D eigenvalue weighted by Crippen LogP contribution is -2.35. The molecule has 8 nitrogen and oxygen atoms in total. The number of likely N-dealkylation sites (tertiary alicyclic amines) is 1. The van der Waals surface area contributed by atoms with Crippen molar-refractivity contribution in [3.05, 3.63) is 54.4 Å². The quantitative estimate of drug-likeness (QED) is 0.314. The molecule has 2 aromatic carbocycles. The first-order valence-electron chi connectivity index (χ1n) is 12.9. The first kappa shape index (κ1) is 27.2. The number of aromatic nitrogens is 4. The zero-order valence-corrected chi connectivity index (χ0v) is 22.6. The van der Waals surface area contributed by atoms with Crippen LogP contribution in [-0.2, 0) is 10.0 Å². The first-order valence-corrected chi connectivity index (χ1v) is 14.4. The summed E-state index contributed by atoms with van der Waals surface area (Å²) in [6, 6.07) is 15.0. The molecule has 0 radical (unpaired) electrons. The summed E-state index contributed by atoms with van der Waals surface area (Å²) in [6.07, 6.45) is -3.59. The molecule has 0 bridgehead atoms. The van der Waals surface area contributed by atoms with E-state index in [0.717, 1.165) is 21.1 Å².